The van der Waals surface area contributed by atoms with Gasteiger partial charge in [-0.2, -0.15) is 0 Å². The standard InChI is InChI=1S/C22H20F2N4O2/c1-30-17-5-2-15(3-6-17)20-13-21(26-14-25-20)27-8-10-28(11-9-27)22(29)18-7-4-16(23)12-19(18)24/h2-7,12-14H,8-11H2,1H3. The van der Waals surface area contributed by atoms with Gasteiger partial charge in [0.1, 0.15) is 29.5 Å². The van der Waals surface area contributed by atoms with Crippen molar-refractivity contribution in [1.82, 2.24) is 14.9 Å². The van der Waals surface area contributed by atoms with E-state index in [-0.39, 0.29) is 5.56 Å². The summed E-state index contributed by atoms with van der Waals surface area (Å²) in [6.45, 7) is 1.93. The van der Waals surface area contributed by atoms with E-state index in [0.29, 0.717) is 26.2 Å². The van der Waals surface area contributed by atoms with Gasteiger partial charge in [0.15, 0.2) is 0 Å². The van der Waals surface area contributed by atoms with E-state index in [2.05, 4.69) is 14.9 Å². The van der Waals surface area contributed by atoms with Gasteiger partial charge in [-0.05, 0) is 36.4 Å². The van der Waals surface area contributed by atoms with Gasteiger partial charge in [-0.25, -0.2) is 18.7 Å². The molecule has 0 saturated carbocycles. The highest BCUT2D eigenvalue weighted by molar-refractivity contribution is 5.94. The fourth-order valence-electron chi connectivity index (χ4n) is 3.41. The van der Waals surface area contributed by atoms with Crippen LogP contribution >= 0.6 is 0 Å². The van der Waals surface area contributed by atoms with Crippen LogP contribution < -0.4 is 9.64 Å². The molecule has 0 bridgehead atoms. The lowest BCUT2D eigenvalue weighted by Crippen LogP contribution is -2.49. The monoisotopic (exact) mass is 410 g/mol. The fourth-order valence-corrected chi connectivity index (χ4v) is 3.41. The molecule has 8 heteroatoms. The Bertz CT molecular complexity index is 1050. The molecular weight excluding hydrogens is 390 g/mol. The molecule has 3 aromatic rings. The van der Waals surface area contributed by atoms with Crippen molar-refractivity contribution in [2.75, 3.05) is 38.2 Å². The van der Waals surface area contributed by atoms with Crippen LogP contribution in [0.2, 0.25) is 0 Å². The SMILES string of the molecule is COc1ccc(-c2cc(N3CCN(C(=O)c4ccc(F)cc4F)CC3)ncn2)cc1. The van der Waals surface area contributed by atoms with Gasteiger partial charge in [0, 0.05) is 43.9 Å². The van der Waals surface area contributed by atoms with Gasteiger partial charge in [-0.1, -0.05) is 0 Å². The van der Waals surface area contributed by atoms with Crippen LogP contribution in [-0.4, -0.2) is 54.1 Å². The van der Waals surface area contributed by atoms with Gasteiger partial charge in [0.25, 0.3) is 5.91 Å². The van der Waals surface area contributed by atoms with Crippen LogP contribution in [0.4, 0.5) is 14.6 Å². The van der Waals surface area contributed by atoms with E-state index in [9.17, 15) is 13.6 Å². The van der Waals surface area contributed by atoms with E-state index in [1.807, 2.05) is 30.3 Å². The number of carbonyl (C=O) groups is 1. The van der Waals surface area contributed by atoms with Crippen LogP contribution in [0.15, 0.2) is 54.9 Å². The molecule has 30 heavy (non-hydrogen) atoms. The van der Waals surface area contributed by atoms with Gasteiger partial charge in [-0.3, -0.25) is 4.79 Å². The minimum absolute atomic E-state index is 0.117. The summed E-state index contributed by atoms with van der Waals surface area (Å²) >= 11 is 0. The molecular formula is C22H20F2N4O2. The van der Waals surface area contributed by atoms with Crippen molar-refractivity contribution in [3.63, 3.8) is 0 Å². The van der Waals surface area contributed by atoms with E-state index < -0.39 is 17.5 Å². The summed E-state index contributed by atoms with van der Waals surface area (Å²) in [5, 5.41) is 0. The molecule has 1 saturated heterocycles. The number of halogens is 2. The quantitative estimate of drug-likeness (QED) is 0.660. The molecule has 1 aliphatic rings. The lowest BCUT2D eigenvalue weighted by Gasteiger charge is -2.35. The summed E-state index contributed by atoms with van der Waals surface area (Å²) in [6, 6.07) is 12.5. The molecule has 1 fully saturated rings. The Morgan fingerprint density at radius 3 is 2.37 bits per heavy atom. The average Bonchev–Trinajstić information content (AvgIpc) is 2.79. The number of nitrogens with zero attached hydrogens (tertiary/aromatic N) is 4. The second kappa shape index (κ2) is 8.44. The van der Waals surface area contributed by atoms with Crippen molar-refractivity contribution >= 4 is 11.7 Å². The molecule has 0 unspecified atom stereocenters. The maximum Gasteiger partial charge on any atom is 0.256 e. The number of piperazine rings is 1. The lowest BCUT2D eigenvalue weighted by molar-refractivity contribution is 0.0741. The Balaban J connectivity index is 1.44. The van der Waals surface area contributed by atoms with Crippen LogP contribution in [0.3, 0.4) is 0 Å². The summed E-state index contributed by atoms with van der Waals surface area (Å²) in [6.07, 6.45) is 1.51. The third-order valence-electron chi connectivity index (χ3n) is 5.09. The molecule has 1 aliphatic heterocycles. The Morgan fingerprint density at radius 1 is 0.967 bits per heavy atom. The number of hydrogen-bond donors (Lipinski definition) is 0. The van der Waals surface area contributed by atoms with Crippen LogP contribution in [0.25, 0.3) is 11.3 Å². The second-order valence-corrected chi connectivity index (χ2v) is 6.89. The molecule has 0 aliphatic carbocycles. The van der Waals surface area contributed by atoms with Crippen LogP contribution in [0, 0.1) is 11.6 Å². The normalized spacial score (nSPS) is 14.0. The molecule has 0 atom stereocenters. The Kier molecular flexibility index (Phi) is 5.56. The highest BCUT2D eigenvalue weighted by Crippen LogP contribution is 2.24. The number of ether oxygens (including phenoxy) is 1. The van der Waals surface area contributed by atoms with Crippen molar-refractivity contribution < 1.29 is 18.3 Å². The Morgan fingerprint density at radius 2 is 1.70 bits per heavy atom. The Hall–Kier alpha value is -3.55. The topological polar surface area (TPSA) is 58.6 Å². The first kappa shape index (κ1) is 19.8. The third-order valence-corrected chi connectivity index (χ3v) is 5.09. The third kappa shape index (κ3) is 4.07. The Labute approximate surface area is 172 Å². The van der Waals surface area contributed by atoms with Gasteiger partial charge in [0.05, 0.1) is 18.4 Å². The molecule has 0 N–H and O–H groups in total. The average molecular weight is 410 g/mol. The van der Waals surface area contributed by atoms with E-state index >= 15 is 0 Å². The second-order valence-electron chi connectivity index (χ2n) is 6.89. The minimum atomic E-state index is -0.845. The molecule has 2 heterocycles. The molecule has 0 spiro atoms. The first-order chi connectivity index (χ1) is 14.5. The van der Waals surface area contributed by atoms with E-state index in [4.69, 9.17) is 4.74 Å². The largest absolute Gasteiger partial charge is 0.497 e. The number of rotatable bonds is 4. The van der Waals surface area contributed by atoms with Gasteiger partial charge < -0.3 is 14.5 Å². The number of amides is 1. The van der Waals surface area contributed by atoms with E-state index in [1.54, 1.807) is 12.0 Å². The predicted octanol–water partition coefficient (Wildman–Crippen LogP) is 3.39. The zero-order valence-electron chi connectivity index (χ0n) is 16.4. The molecule has 2 aromatic carbocycles. The number of aromatic nitrogens is 2. The molecule has 0 radical (unpaired) electrons. The first-order valence-electron chi connectivity index (χ1n) is 9.51. The maximum atomic E-state index is 13.9. The lowest BCUT2D eigenvalue weighted by atomic mass is 10.1. The smallest absolute Gasteiger partial charge is 0.256 e. The number of anilines is 1. The van der Waals surface area contributed by atoms with Crippen molar-refractivity contribution in [2.45, 2.75) is 0 Å². The predicted molar refractivity (Wildman–Crippen MR) is 108 cm³/mol. The van der Waals surface area contributed by atoms with Gasteiger partial charge in [0.2, 0.25) is 0 Å². The summed E-state index contributed by atoms with van der Waals surface area (Å²) in [4.78, 5) is 24.9. The number of hydrogen-bond acceptors (Lipinski definition) is 5. The van der Waals surface area contributed by atoms with Crippen molar-refractivity contribution in [3.8, 4) is 17.0 Å². The van der Waals surface area contributed by atoms with Gasteiger partial charge in [-0.15, -0.1) is 0 Å². The number of benzene rings is 2. The minimum Gasteiger partial charge on any atom is -0.497 e. The number of carbonyl (C=O) groups excluding carboxylic acids is 1. The maximum absolute atomic E-state index is 13.9. The summed E-state index contributed by atoms with van der Waals surface area (Å²) < 4.78 is 32.2. The van der Waals surface area contributed by atoms with Crippen molar-refractivity contribution in [3.05, 3.63) is 72.1 Å². The highest BCUT2D eigenvalue weighted by Gasteiger charge is 2.25. The first-order valence-corrected chi connectivity index (χ1v) is 9.51. The van der Waals surface area contributed by atoms with Crippen molar-refractivity contribution in [2.24, 2.45) is 0 Å². The van der Waals surface area contributed by atoms with E-state index in [0.717, 1.165) is 35.0 Å². The van der Waals surface area contributed by atoms with Crippen LogP contribution in [0.5, 0.6) is 5.75 Å². The fraction of sp³-hybridized carbons (Fsp3) is 0.227. The van der Waals surface area contributed by atoms with Crippen LogP contribution in [0.1, 0.15) is 10.4 Å². The highest BCUT2D eigenvalue weighted by atomic mass is 19.1. The number of methoxy groups -OCH3 is 1. The molecule has 6 nitrogen and oxygen atoms in total. The molecule has 1 amide bonds. The van der Waals surface area contributed by atoms with Crippen molar-refractivity contribution in [1.29, 1.82) is 0 Å². The zero-order chi connectivity index (χ0) is 21.1. The summed E-state index contributed by atoms with van der Waals surface area (Å²) in [5.41, 5.74) is 1.61. The molecule has 1 aromatic heterocycles. The van der Waals surface area contributed by atoms with Crippen LogP contribution in [-0.2, 0) is 0 Å². The zero-order valence-corrected chi connectivity index (χ0v) is 16.4. The summed E-state index contributed by atoms with van der Waals surface area (Å²) in [5.74, 6) is -0.455. The summed E-state index contributed by atoms with van der Waals surface area (Å²) in [7, 11) is 1.62. The van der Waals surface area contributed by atoms with Gasteiger partial charge >= 0.3 is 0 Å². The van der Waals surface area contributed by atoms with E-state index in [1.165, 1.54) is 12.4 Å². The molecule has 4 rings (SSSR count). The molecule has 154 valence electrons.